The van der Waals surface area contributed by atoms with Gasteiger partial charge in [0.1, 0.15) is 0 Å². The van der Waals surface area contributed by atoms with Crippen LogP contribution in [0.2, 0.25) is 0 Å². The van der Waals surface area contributed by atoms with Crippen molar-refractivity contribution in [1.82, 2.24) is 0 Å². The maximum Gasteiger partial charge on any atom is -1.00 e. The summed E-state index contributed by atoms with van der Waals surface area (Å²) in [4.78, 5) is 0. The first-order valence-electron chi connectivity index (χ1n) is 11.2. The Labute approximate surface area is 230 Å². The molecule has 0 fully saturated rings. The van der Waals surface area contributed by atoms with Crippen molar-refractivity contribution in [3.05, 3.63) is 82.0 Å². The van der Waals surface area contributed by atoms with E-state index in [0.29, 0.717) is 5.92 Å². The zero-order chi connectivity index (χ0) is 23.6. The fraction of sp³-hybridized carbons (Fsp3) is 0.433. The van der Waals surface area contributed by atoms with Crippen molar-refractivity contribution in [2.24, 2.45) is 5.92 Å². The third-order valence-corrected chi connectivity index (χ3v) is 6.06. The van der Waals surface area contributed by atoms with E-state index in [1.807, 2.05) is 0 Å². The first-order valence-corrected chi connectivity index (χ1v) is 12.9. The molecule has 178 valence electrons. The maximum absolute atomic E-state index is 3.53. The minimum atomic E-state index is 0. The van der Waals surface area contributed by atoms with E-state index >= 15 is 0 Å². The summed E-state index contributed by atoms with van der Waals surface area (Å²) >= 11 is 1.30. The van der Waals surface area contributed by atoms with E-state index < -0.39 is 0 Å². The third kappa shape index (κ3) is 8.16. The van der Waals surface area contributed by atoms with Crippen LogP contribution in [0.25, 0.3) is 11.1 Å². The van der Waals surface area contributed by atoms with E-state index in [0.717, 1.165) is 6.42 Å². The Morgan fingerprint density at radius 1 is 0.879 bits per heavy atom. The first kappa shape index (κ1) is 32.3. The van der Waals surface area contributed by atoms with Crippen molar-refractivity contribution in [2.75, 3.05) is 0 Å². The van der Waals surface area contributed by atoms with Crippen molar-refractivity contribution in [1.29, 1.82) is 0 Å². The predicted octanol–water partition coefficient (Wildman–Crippen LogP) is 1.96. The SMILES string of the molecule is CC(C)(C)c1c[c-]c2c(c1)-c1cc(C(C)(C)C)ccc1C2.CC1=[C-]C(C)C=C1C.[CH2]=[Zr+2].[Cl-].[Cl-]. The normalized spacial score (nSPS) is 15.8. The summed E-state index contributed by atoms with van der Waals surface area (Å²) in [7, 11) is 0. The van der Waals surface area contributed by atoms with Gasteiger partial charge in [0, 0.05) is 0 Å². The molecule has 0 heterocycles. The van der Waals surface area contributed by atoms with Gasteiger partial charge in [0.15, 0.2) is 0 Å². The Hall–Kier alpha value is -0.747. The van der Waals surface area contributed by atoms with Gasteiger partial charge in [0.2, 0.25) is 0 Å². The first-order chi connectivity index (χ1) is 14.4. The van der Waals surface area contributed by atoms with Crippen LogP contribution in [0, 0.1) is 18.1 Å². The van der Waals surface area contributed by atoms with Gasteiger partial charge in [-0.05, 0) is 17.4 Å². The third-order valence-electron chi connectivity index (χ3n) is 6.06. The Balaban J connectivity index is 0.000000726. The molecule has 0 aromatic heterocycles. The van der Waals surface area contributed by atoms with E-state index in [1.165, 1.54) is 68.8 Å². The average Bonchev–Trinajstić information content (AvgIpc) is 3.19. The minimum Gasteiger partial charge on any atom is -1.00 e. The van der Waals surface area contributed by atoms with E-state index in [9.17, 15) is 0 Å². The van der Waals surface area contributed by atoms with Gasteiger partial charge in [0.25, 0.3) is 0 Å². The summed E-state index contributed by atoms with van der Waals surface area (Å²) in [6.07, 6.45) is 6.55. The van der Waals surface area contributed by atoms with Gasteiger partial charge >= 0.3 is 28.4 Å². The summed E-state index contributed by atoms with van der Waals surface area (Å²) in [5, 5.41) is 0. The predicted molar refractivity (Wildman–Crippen MR) is 133 cm³/mol. The zero-order valence-corrected chi connectivity index (χ0v) is 25.7. The molecule has 4 rings (SSSR count). The molecular weight excluding hydrogens is 522 g/mol. The molecule has 2 aromatic rings. The molecule has 0 saturated heterocycles. The molecule has 0 amide bonds. The second kappa shape index (κ2) is 12.8. The molecule has 0 nitrogen and oxygen atoms in total. The summed E-state index contributed by atoms with van der Waals surface area (Å²) < 4.78 is 3.34. The Bertz CT molecular complexity index is 921. The number of hydrogen-bond acceptors (Lipinski definition) is 0. The summed E-state index contributed by atoms with van der Waals surface area (Å²) in [5.41, 5.74) is 11.5. The van der Waals surface area contributed by atoms with Gasteiger partial charge < -0.3 is 24.8 Å². The molecule has 2 aliphatic rings. The minimum absolute atomic E-state index is 0. The molecule has 1 atom stereocenters. The molecule has 0 saturated carbocycles. The number of hydrogen-bond donors (Lipinski definition) is 0. The molecule has 2 aliphatic carbocycles. The largest absolute Gasteiger partial charge is 1.00 e. The van der Waals surface area contributed by atoms with Crippen LogP contribution in [0.15, 0.2) is 47.6 Å². The molecule has 3 heteroatoms. The number of benzene rings is 2. The maximum atomic E-state index is 3.53. The second-order valence-corrected chi connectivity index (χ2v) is 10.7. The Morgan fingerprint density at radius 3 is 1.85 bits per heavy atom. The van der Waals surface area contributed by atoms with Crippen molar-refractivity contribution < 1.29 is 49.0 Å². The van der Waals surface area contributed by atoms with Crippen LogP contribution < -0.4 is 24.8 Å². The molecule has 1 unspecified atom stereocenters. The van der Waals surface area contributed by atoms with Crippen LogP contribution in [0.1, 0.15) is 84.6 Å². The molecule has 2 aromatic carbocycles. The molecular formula is C30H38Cl2Zr-2. The van der Waals surface area contributed by atoms with Crippen LogP contribution >= 0.6 is 0 Å². The van der Waals surface area contributed by atoms with E-state index in [4.69, 9.17) is 0 Å². The topological polar surface area (TPSA) is 0 Å². The van der Waals surface area contributed by atoms with Gasteiger partial charge in [-0.2, -0.15) is 35.4 Å². The quantitative estimate of drug-likeness (QED) is 0.369. The molecule has 0 bridgehead atoms. The van der Waals surface area contributed by atoms with Crippen LogP contribution in [-0.4, -0.2) is 4.21 Å². The van der Waals surface area contributed by atoms with Gasteiger partial charge in [-0.1, -0.05) is 96.0 Å². The van der Waals surface area contributed by atoms with E-state index in [1.54, 1.807) is 0 Å². The Morgan fingerprint density at radius 2 is 1.42 bits per heavy atom. The summed E-state index contributed by atoms with van der Waals surface area (Å²) in [6, 6.07) is 15.1. The van der Waals surface area contributed by atoms with Gasteiger partial charge in [0.05, 0.1) is 0 Å². The smallest absolute Gasteiger partial charge is 1.00 e. The van der Waals surface area contributed by atoms with Crippen LogP contribution in [0.3, 0.4) is 0 Å². The second-order valence-electron chi connectivity index (χ2n) is 10.7. The number of halogens is 2. The molecule has 33 heavy (non-hydrogen) atoms. The summed E-state index contributed by atoms with van der Waals surface area (Å²) in [6.45, 7) is 20.0. The number of allylic oxidation sites excluding steroid dienone is 4. The molecule has 0 N–H and O–H groups in total. The van der Waals surface area contributed by atoms with Crippen molar-refractivity contribution >= 4 is 4.21 Å². The number of rotatable bonds is 0. The fourth-order valence-electron chi connectivity index (χ4n) is 3.98. The van der Waals surface area contributed by atoms with Crippen molar-refractivity contribution in [2.45, 2.75) is 79.6 Å². The van der Waals surface area contributed by atoms with Crippen LogP contribution in [-0.2, 0) is 41.5 Å². The van der Waals surface area contributed by atoms with E-state index in [2.05, 4.69) is 115 Å². The van der Waals surface area contributed by atoms with Gasteiger partial charge in [-0.15, -0.1) is 12.5 Å². The molecule has 0 spiro atoms. The monoisotopic (exact) mass is 558 g/mol. The Kier molecular flexibility index (Phi) is 12.5. The molecule has 0 aliphatic heterocycles. The van der Waals surface area contributed by atoms with E-state index in [-0.39, 0.29) is 35.6 Å². The van der Waals surface area contributed by atoms with Gasteiger partial charge in [-0.3, -0.25) is 6.08 Å². The summed E-state index contributed by atoms with van der Waals surface area (Å²) in [5.74, 6) is 0.551. The number of fused-ring (bicyclic) bond motifs is 3. The van der Waals surface area contributed by atoms with Crippen LogP contribution in [0.5, 0.6) is 0 Å². The van der Waals surface area contributed by atoms with Crippen molar-refractivity contribution in [3.8, 4) is 11.1 Å². The standard InChI is InChI=1S/C21H25.C8H11.CH2.2ClH.Zr/c1-20(2,3)16-9-7-14-11-15-8-10-17(21(4,5)6)13-19(15)18(14)12-16;1-6-4-7(2)8(3)5-6;;;;/h7,9-10,12-13H,11H2,1-6H3;4,6H,1-3H3;1H2;2*1H;/q2*-1;;;;+2/p-2. The fourth-order valence-corrected chi connectivity index (χ4v) is 3.98. The van der Waals surface area contributed by atoms with Gasteiger partial charge in [-0.25, -0.2) is 11.1 Å². The van der Waals surface area contributed by atoms with Crippen molar-refractivity contribution in [3.63, 3.8) is 0 Å². The average molecular weight is 561 g/mol. The zero-order valence-electron chi connectivity index (χ0n) is 21.7. The van der Waals surface area contributed by atoms with Crippen LogP contribution in [0.4, 0.5) is 0 Å². The molecule has 0 radical (unpaired) electrons.